The van der Waals surface area contributed by atoms with Gasteiger partial charge in [0.15, 0.2) is 0 Å². The number of benzene rings is 1. The Morgan fingerprint density at radius 1 is 1.00 bits per heavy atom. The summed E-state index contributed by atoms with van der Waals surface area (Å²) in [6, 6.07) is 6.20. The molecule has 1 aromatic carbocycles. The summed E-state index contributed by atoms with van der Waals surface area (Å²) in [5, 5.41) is 5.86. The summed E-state index contributed by atoms with van der Waals surface area (Å²) in [5.74, 6) is -0.293. The number of amides is 3. The van der Waals surface area contributed by atoms with E-state index in [1.807, 2.05) is 45.0 Å². The zero-order valence-electron chi connectivity index (χ0n) is 24.5. The van der Waals surface area contributed by atoms with E-state index in [1.165, 1.54) is 0 Å². The lowest BCUT2D eigenvalue weighted by molar-refractivity contribution is -0.143. The molecule has 0 bridgehead atoms. The Labute approximate surface area is 225 Å². The van der Waals surface area contributed by atoms with E-state index in [0.29, 0.717) is 19.5 Å². The molecule has 2 atom stereocenters. The maximum absolute atomic E-state index is 14.2. The number of rotatable bonds is 15. The monoisotopic (exact) mass is 517 g/mol. The minimum atomic E-state index is -0.795. The minimum absolute atomic E-state index is 0.154. The Hall–Kier alpha value is -2.57. The Bertz CT molecular complexity index is 847. The molecule has 37 heavy (non-hydrogen) atoms. The van der Waals surface area contributed by atoms with E-state index in [2.05, 4.69) is 24.5 Å². The third-order valence-corrected chi connectivity index (χ3v) is 5.98. The van der Waals surface area contributed by atoms with Crippen LogP contribution in [0.25, 0.3) is 0 Å². The molecule has 0 aliphatic heterocycles. The number of ether oxygens (including phenoxy) is 1. The number of hydrogen-bond donors (Lipinski definition) is 2. The van der Waals surface area contributed by atoms with Crippen molar-refractivity contribution in [3.8, 4) is 0 Å². The van der Waals surface area contributed by atoms with Crippen LogP contribution < -0.4 is 10.6 Å². The van der Waals surface area contributed by atoms with Gasteiger partial charge in [0.1, 0.15) is 17.7 Å². The van der Waals surface area contributed by atoms with E-state index in [4.69, 9.17) is 4.74 Å². The molecule has 7 heteroatoms. The highest BCUT2D eigenvalue weighted by Crippen LogP contribution is 2.25. The van der Waals surface area contributed by atoms with Crippen LogP contribution in [-0.4, -0.2) is 47.5 Å². The Kier molecular flexibility index (Phi) is 14.3. The van der Waals surface area contributed by atoms with Gasteiger partial charge in [-0.05, 0) is 58.4 Å². The number of hydrogen-bond acceptors (Lipinski definition) is 4. The first-order valence-corrected chi connectivity index (χ1v) is 14.0. The summed E-state index contributed by atoms with van der Waals surface area (Å²) >= 11 is 0. The molecule has 2 unspecified atom stereocenters. The van der Waals surface area contributed by atoms with Crippen LogP contribution in [0, 0.1) is 12.8 Å². The Morgan fingerprint density at radius 3 is 2.24 bits per heavy atom. The number of aryl methyl sites for hydroxylation is 1. The number of unbranched alkanes of at least 4 members (excludes halogenated alkanes) is 4. The molecule has 7 nitrogen and oxygen atoms in total. The SMILES string of the molecule is CCCCCCN(C(=O)C(CC(C)C)NC(=O)OC(C)(C)C)C(C(=O)NCCCC)c1cccc(C)c1. The van der Waals surface area contributed by atoms with E-state index in [1.54, 1.807) is 25.7 Å². The third kappa shape index (κ3) is 12.5. The van der Waals surface area contributed by atoms with Crippen LogP contribution in [0.4, 0.5) is 4.79 Å². The van der Waals surface area contributed by atoms with Crippen LogP contribution in [0.3, 0.4) is 0 Å². The van der Waals surface area contributed by atoms with Crippen molar-refractivity contribution in [2.45, 2.75) is 118 Å². The topological polar surface area (TPSA) is 87.7 Å². The smallest absolute Gasteiger partial charge is 0.408 e. The average Bonchev–Trinajstić information content (AvgIpc) is 2.78. The van der Waals surface area contributed by atoms with Gasteiger partial charge in [-0.25, -0.2) is 4.79 Å². The largest absolute Gasteiger partial charge is 0.444 e. The molecule has 0 saturated carbocycles. The summed E-state index contributed by atoms with van der Waals surface area (Å²) in [7, 11) is 0. The summed E-state index contributed by atoms with van der Waals surface area (Å²) in [4.78, 5) is 42.1. The highest BCUT2D eigenvalue weighted by atomic mass is 16.6. The number of carbonyl (C=O) groups is 3. The third-order valence-electron chi connectivity index (χ3n) is 5.98. The minimum Gasteiger partial charge on any atom is -0.444 e. The predicted octanol–water partition coefficient (Wildman–Crippen LogP) is 6.30. The van der Waals surface area contributed by atoms with Gasteiger partial charge in [-0.1, -0.05) is 83.2 Å². The first-order chi connectivity index (χ1) is 17.4. The van der Waals surface area contributed by atoms with Crippen molar-refractivity contribution in [3.05, 3.63) is 35.4 Å². The zero-order chi connectivity index (χ0) is 28.0. The van der Waals surface area contributed by atoms with E-state index in [0.717, 1.165) is 49.7 Å². The van der Waals surface area contributed by atoms with E-state index >= 15 is 0 Å². The van der Waals surface area contributed by atoms with Crippen LogP contribution in [0.15, 0.2) is 24.3 Å². The highest BCUT2D eigenvalue weighted by Gasteiger charge is 2.36. The molecule has 0 saturated heterocycles. The first kappa shape index (κ1) is 32.5. The van der Waals surface area contributed by atoms with Crippen LogP contribution in [0.5, 0.6) is 0 Å². The molecule has 0 fully saturated rings. The molecule has 0 heterocycles. The summed E-state index contributed by atoms with van der Waals surface area (Å²) in [6.07, 6.45) is 5.53. The molecule has 210 valence electrons. The fraction of sp³-hybridized carbons (Fsp3) is 0.700. The molecule has 0 aliphatic rings. The molecular weight excluding hydrogens is 466 g/mol. The van der Waals surface area contributed by atoms with Crippen molar-refractivity contribution in [2.24, 2.45) is 5.92 Å². The van der Waals surface area contributed by atoms with Crippen molar-refractivity contribution in [3.63, 3.8) is 0 Å². The molecule has 0 aromatic heterocycles. The molecule has 1 aromatic rings. The maximum Gasteiger partial charge on any atom is 0.408 e. The van der Waals surface area contributed by atoms with Gasteiger partial charge in [0.2, 0.25) is 11.8 Å². The van der Waals surface area contributed by atoms with Crippen molar-refractivity contribution in [1.29, 1.82) is 0 Å². The van der Waals surface area contributed by atoms with Crippen molar-refractivity contribution in [2.75, 3.05) is 13.1 Å². The Morgan fingerprint density at radius 2 is 1.68 bits per heavy atom. The van der Waals surface area contributed by atoms with Gasteiger partial charge < -0.3 is 20.3 Å². The Balaban J connectivity index is 3.43. The second-order valence-corrected chi connectivity index (χ2v) is 11.4. The summed E-state index contributed by atoms with van der Waals surface area (Å²) < 4.78 is 5.47. The fourth-order valence-corrected chi connectivity index (χ4v) is 4.22. The number of nitrogens with zero attached hydrogens (tertiary/aromatic N) is 1. The second kappa shape index (κ2) is 16.3. The molecule has 0 aliphatic carbocycles. The van der Waals surface area contributed by atoms with Gasteiger partial charge in [-0.15, -0.1) is 0 Å². The summed E-state index contributed by atoms with van der Waals surface area (Å²) in [5.41, 5.74) is 1.12. The summed E-state index contributed by atoms with van der Waals surface area (Å²) in [6.45, 7) is 16.6. The predicted molar refractivity (Wildman–Crippen MR) is 150 cm³/mol. The van der Waals surface area contributed by atoms with Gasteiger partial charge >= 0.3 is 6.09 Å². The lowest BCUT2D eigenvalue weighted by Crippen LogP contribution is -2.53. The normalized spacial score (nSPS) is 13.1. The van der Waals surface area contributed by atoms with E-state index in [9.17, 15) is 14.4 Å². The van der Waals surface area contributed by atoms with Crippen LogP contribution in [0.2, 0.25) is 0 Å². The first-order valence-electron chi connectivity index (χ1n) is 14.0. The lowest BCUT2D eigenvalue weighted by atomic mass is 9.98. The van der Waals surface area contributed by atoms with Gasteiger partial charge in [-0.3, -0.25) is 9.59 Å². The maximum atomic E-state index is 14.2. The molecule has 0 spiro atoms. The van der Waals surface area contributed by atoms with E-state index < -0.39 is 23.8 Å². The van der Waals surface area contributed by atoms with Crippen molar-refractivity contribution in [1.82, 2.24) is 15.5 Å². The zero-order valence-corrected chi connectivity index (χ0v) is 24.5. The highest BCUT2D eigenvalue weighted by molar-refractivity contribution is 5.92. The molecule has 2 N–H and O–H groups in total. The molecule has 3 amide bonds. The van der Waals surface area contributed by atoms with Crippen LogP contribution >= 0.6 is 0 Å². The van der Waals surface area contributed by atoms with Gasteiger partial charge in [0.05, 0.1) is 0 Å². The lowest BCUT2D eigenvalue weighted by Gasteiger charge is -2.35. The second-order valence-electron chi connectivity index (χ2n) is 11.4. The van der Waals surface area contributed by atoms with Gasteiger partial charge in [0, 0.05) is 13.1 Å². The molecular formula is C30H51N3O4. The van der Waals surface area contributed by atoms with Crippen molar-refractivity contribution >= 4 is 17.9 Å². The van der Waals surface area contributed by atoms with Gasteiger partial charge in [-0.2, -0.15) is 0 Å². The van der Waals surface area contributed by atoms with Crippen LogP contribution in [0.1, 0.15) is 111 Å². The standard InChI is InChI=1S/C30H51N3O4/c1-9-11-13-14-19-33(28(35)25(20-22(3)4)32-29(36)37-30(6,7)8)26(27(34)31-18-12-10-2)24-17-15-16-23(5)21-24/h15-17,21-22,25-26H,9-14,18-20H2,1-8H3,(H,31,34)(H,32,36). The number of nitrogens with one attached hydrogen (secondary N) is 2. The van der Waals surface area contributed by atoms with E-state index in [-0.39, 0.29) is 17.7 Å². The number of alkyl carbamates (subject to hydrolysis) is 1. The molecule has 1 rings (SSSR count). The average molecular weight is 518 g/mol. The van der Waals surface area contributed by atoms with Crippen LogP contribution in [-0.2, 0) is 14.3 Å². The molecule has 0 radical (unpaired) electrons. The van der Waals surface area contributed by atoms with Crippen molar-refractivity contribution < 1.29 is 19.1 Å². The quantitative estimate of drug-likeness (QED) is 0.267. The fourth-order valence-electron chi connectivity index (χ4n) is 4.22. The van der Waals surface area contributed by atoms with Gasteiger partial charge in [0.25, 0.3) is 0 Å². The number of carbonyl (C=O) groups excluding carboxylic acids is 3.